The standard InChI is InChI=1S/C26H27O4PS.C6H15N/c1-25(2,24(27)32-19-18-30-31-28)20-29-26(21-12-6-3-7-13-21,22-14-8-4-9-15-22)23-16-10-5-11-17-23;1-4-7(5-2)6-3/h3-17H,18-20H2,1-2H3;4-6H2,1-3H3. The minimum atomic E-state index is -0.865. The maximum Gasteiger partial charge on any atom is 0.327 e. The Balaban J connectivity index is 0.000000673. The molecule has 0 aliphatic rings. The van der Waals surface area contributed by atoms with Crippen molar-refractivity contribution in [1.29, 1.82) is 0 Å². The molecule has 39 heavy (non-hydrogen) atoms. The van der Waals surface area contributed by atoms with E-state index in [-0.39, 0.29) is 27.0 Å². The van der Waals surface area contributed by atoms with Crippen LogP contribution in [-0.2, 0) is 24.2 Å². The largest absolute Gasteiger partial charge is 0.360 e. The van der Waals surface area contributed by atoms with E-state index in [1.807, 2.05) is 68.4 Å². The zero-order valence-corrected chi connectivity index (χ0v) is 25.5. The molecule has 210 valence electrons. The molecule has 3 aromatic carbocycles. The third-order valence-corrected chi connectivity index (χ3v) is 8.02. The molecule has 3 aromatic rings. The van der Waals surface area contributed by atoms with Gasteiger partial charge >= 0.3 is 8.69 Å². The van der Waals surface area contributed by atoms with Gasteiger partial charge in [0, 0.05) is 5.75 Å². The van der Waals surface area contributed by atoms with Crippen LogP contribution < -0.4 is 0 Å². The monoisotopic (exact) mass is 567 g/mol. The predicted molar refractivity (Wildman–Crippen MR) is 163 cm³/mol. The molecule has 0 aliphatic heterocycles. The first-order valence-corrected chi connectivity index (χ1v) is 15.2. The number of ether oxygens (including phenoxy) is 1. The Kier molecular flexibility index (Phi) is 14.6. The summed E-state index contributed by atoms with van der Waals surface area (Å²) in [6.45, 7) is 14.4. The van der Waals surface area contributed by atoms with Crippen LogP contribution in [0.2, 0.25) is 0 Å². The van der Waals surface area contributed by atoms with E-state index in [1.54, 1.807) is 0 Å². The molecule has 0 fully saturated rings. The summed E-state index contributed by atoms with van der Waals surface area (Å²) >= 11 is 1.17. The lowest BCUT2D eigenvalue weighted by atomic mass is 9.79. The average molecular weight is 568 g/mol. The van der Waals surface area contributed by atoms with Gasteiger partial charge in [-0.15, -0.1) is 0 Å². The van der Waals surface area contributed by atoms with E-state index in [9.17, 15) is 9.36 Å². The number of benzene rings is 3. The zero-order chi connectivity index (χ0) is 28.6. The number of nitrogens with zero attached hydrogens (tertiary/aromatic N) is 1. The van der Waals surface area contributed by atoms with E-state index in [1.165, 1.54) is 31.4 Å². The number of hydrogen-bond donors (Lipinski definition) is 0. The van der Waals surface area contributed by atoms with Crippen LogP contribution in [0.4, 0.5) is 0 Å². The first-order chi connectivity index (χ1) is 18.9. The third kappa shape index (κ3) is 9.66. The lowest BCUT2D eigenvalue weighted by Crippen LogP contribution is -2.38. The molecule has 0 amide bonds. The maximum absolute atomic E-state index is 12.9. The minimum absolute atomic E-state index is 0.00625. The summed E-state index contributed by atoms with van der Waals surface area (Å²) in [6, 6.07) is 30.3. The van der Waals surface area contributed by atoms with Crippen LogP contribution in [-0.4, -0.2) is 48.6 Å². The van der Waals surface area contributed by atoms with Gasteiger partial charge in [-0.05, 0) is 50.2 Å². The van der Waals surface area contributed by atoms with Crippen LogP contribution in [0.3, 0.4) is 0 Å². The fraction of sp³-hybridized carbons (Fsp3) is 0.406. The van der Waals surface area contributed by atoms with Crippen LogP contribution in [0.15, 0.2) is 91.0 Å². The maximum atomic E-state index is 12.9. The predicted octanol–water partition coefficient (Wildman–Crippen LogP) is 7.85. The van der Waals surface area contributed by atoms with Crippen LogP contribution in [0.1, 0.15) is 51.3 Å². The molecule has 3 rings (SSSR count). The molecule has 0 heterocycles. The van der Waals surface area contributed by atoms with E-state index in [4.69, 9.17) is 9.26 Å². The molecular formula is C32H42NO4PS. The van der Waals surface area contributed by atoms with Crippen molar-refractivity contribution in [3.63, 3.8) is 0 Å². The SMILES string of the molecule is CC(C)(COC(c1ccccc1)(c1ccccc1)c1ccccc1)C(=O)SCCOP=O.CCN(CC)CC. The number of thioether (sulfide) groups is 1. The smallest absolute Gasteiger partial charge is 0.327 e. The van der Waals surface area contributed by atoms with Crippen molar-refractivity contribution < 1.29 is 18.6 Å². The van der Waals surface area contributed by atoms with E-state index in [2.05, 4.69) is 62.1 Å². The summed E-state index contributed by atoms with van der Waals surface area (Å²) in [5.41, 5.74) is 1.39. The molecular weight excluding hydrogens is 525 g/mol. The van der Waals surface area contributed by atoms with Gasteiger partial charge in [0.25, 0.3) is 0 Å². The van der Waals surface area contributed by atoms with E-state index in [0.717, 1.165) is 16.7 Å². The van der Waals surface area contributed by atoms with Crippen LogP contribution in [0, 0.1) is 5.41 Å². The van der Waals surface area contributed by atoms with Gasteiger partial charge in [-0.3, -0.25) is 9.32 Å². The quantitative estimate of drug-likeness (QED) is 0.112. The summed E-state index contributed by atoms with van der Waals surface area (Å²) in [5, 5.41) is 0.00625. The van der Waals surface area contributed by atoms with Gasteiger partial charge in [-0.25, -0.2) is 4.57 Å². The lowest BCUT2D eigenvalue weighted by molar-refractivity contribution is -0.124. The Hall–Kier alpha value is -2.34. The lowest BCUT2D eigenvalue weighted by Gasteiger charge is -2.38. The highest BCUT2D eigenvalue weighted by molar-refractivity contribution is 8.13. The molecule has 0 N–H and O–H groups in total. The van der Waals surface area contributed by atoms with Gasteiger partial charge in [0.1, 0.15) is 5.60 Å². The number of hydrogen-bond acceptors (Lipinski definition) is 6. The molecule has 0 atom stereocenters. The van der Waals surface area contributed by atoms with Gasteiger partial charge in [0.2, 0.25) is 0 Å². The second-order valence-electron chi connectivity index (χ2n) is 9.62. The molecule has 0 saturated heterocycles. The average Bonchev–Trinajstić information content (AvgIpc) is 2.98. The van der Waals surface area contributed by atoms with Crippen molar-refractivity contribution in [2.24, 2.45) is 5.41 Å². The van der Waals surface area contributed by atoms with Gasteiger partial charge in [-0.2, -0.15) is 0 Å². The van der Waals surface area contributed by atoms with Crippen molar-refractivity contribution in [2.75, 3.05) is 38.6 Å². The number of carbonyl (C=O) groups excluding carboxylic acids is 1. The van der Waals surface area contributed by atoms with Crippen LogP contribution >= 0.6 is 20.4 Å². The van der Waals surface area contributed by atoms with Crippen molar-refractivity contribution in [1.82, 2.24) is 4.90 Å². The third-order valence-electron chi connectivity index (χ3n) is 6.55. The Morgan fingerprint density at radius 3 is 1.51 bits per heavy atom. The number of carbonyl (C=O) groups is 1. The summed E-state index contributed by atoms with van der Waals surface area (Å²) in [4.78, 5) is 15.3. The number of rotatable bonds is 14. The van der Waals surface area contributed by atoms with E-state index < -0.39 is 11.0 Å². The highest BCUT2D eigenvalue weighted by atomic mass is 32.2. The fourth-order valence-corrected chi connectivity index (χ4v) is 5.28. The summed E-state index contributed by atoms with van der Waals surface area (Å²) in [5.74, 6) is 0.443. The van der Waals surface area contributed by atoms with Gasteiger partial charge in [-0.1, -0.05) is 124 Å². The van der Waals surface area contributed by atoms with Crippen molar-refractivity contribution >= 4 is 25.6 Å². The summed E-state index contributed by atoms with van der Waals surface area (Å²) in [6.07, 6.45) is 0. The molecule has 0 radical (unpaired) electrons. The Morgan fingerprint density at radius 1 is 0.769 bits per heavy atom. The summed E-state index contributed by atoms with van der Waals surface area (Å²) < 4.78 is 22.0. The molecule has 0 saturated carbocycles. The van der Waals surface area contributed by atoms with Crippen LogP contribution in [0.5, 0.6) is 0 Å². The molecule has 0 aliphatic carbocycles. The Morgan fingerprint density at radius 2 is 1.18 bits per heavy atom. The fourth-order valence-electron chi connectivity index (χ4n) is 4.19. The zero-order valence-electron chi connectivity index (χ0n) is 23.8. The molecule has 7 heteroatoms. The molecule has 0 aromatic heterocycles. The topological polar surface area (TPSA) is 55.8 Å². The molecule has 5 nitrogen and oxygen atoms in total. The van der Waals surface area contributed by atoms with E-state index >= 15 is 0 Å². The first-order valence-electron chi connectivity index (χ1n) is 13.5. The second-order valence-corrected chi connectivity index (χ2v) is 11.1. The van der Waals surface area contributed by atoms with Crippen molar-refractivity contribution in [3.8, 4) is 0 Å². The second kappa shape index (κ2) is 17.4. The highest BCUT2D eigenvalue weighted by Gasteiger charge is 2.40. The highest BCUT2D eigenvalue weighted by Crippen LogP contribution is 2.42. The molecule has 0 spiro atoms. The van der Waals surface area contributed by atoms with E-state index in [0.29, 0.717) is 5.75 Å². The normalized spacial score (nSPS) is 11.7. The Bertz CT molecular complexity index is 991. The van der Waals surface area contributed by atoms with Crippen LogP contribution in [0.25, 0.3) is 0 Å². The molecule has 0 unspecified atom stereocenters. The Labute approximate surface area is 240 Å². The first kappa shape index (κ1) is 32.9. The van der Waals surface area contributed by atoms with Gasteiger partial charge in [0.05, 0.1) is 18.6 Å². The summed E-state index contributed by atoms with van der Waals surface area (Å²) in [7, 11) is -0.370. The molecule has 0 bridgehead atoms. The minimum Gasteiger partial charge on any atom is -0.360 e. The van der Waals surface area contributed by atoms with Crippen molar-refractivity contribution in [3.05, 3.63) is 108 Å². The van der Waals surface area contributed by atoms with Crippen molar-refractivity contribution in [2.45, 2.75) is 40.2 Å². The van der Waals surface area contributed by atoms with Gasteiger partial charge in [0.15, 0.2) is 5.12 Å². The van der Waals surface area contributed by atoms with Gasteiger partial charge < -0.3 is 9.64 Å².